The van der Waals surface area contributed by atoms with E-state index in [2.05, 4.69) is 6.92 Å². The molecule has 3 rings (SSSR count). The van der Waals surface area contributed by atoms with E-state index < -0.39 is 0 Å². The van der Waals surface area contributed by atoms with Gasteiger partial charge in [0.05, 0.1) is 11.1 Å². The number of hydrogen-bond acceptors (Lipinski definition) is 3. The molecule has 1 aromatic carbocycles. The molecule has 1 aliphatic heterocycles. The third-order valence-electron chi connectivity index (χ3n) is 4.70. The van der Waals surface area contributed by atoms with Gasteiger partial charge in [-0.1, -0.05) is 26.2 Å². The highest BCUT2D eigenvalue weighted by atomic mass is 16.2. The molecule has 1 aliphatic carbocycles. The smallest absolute Gasteiger partial charge is 0.261 e. The number of nitrogen functional groups attached to an aromatic ring is 1. The Morgan fingerprint density at radius 1 is 1.15 bits per heavy atom. The highest BCUT2D eigenvalue weighted by Crippen LogP contribution is 2.33. The second-order valence-electron chi connectivity index (χ2n) is 6.05. The van der Waals surface area contributed by atoms with E-state index in [1.165, 1.54) is 24.2 Å². The summed E-state index contributed by atoms with van der Waals surface area (Å²) >= 11 is 0. The van der Waals surface area contributed by atoms with Crippen LogP contribution < -0.4 is 5.73 Å². The van der Waals surface area contributed by atoms with Crippen LogP contribution in [0.4, 0.5) is 5.69 Å². The van der Waals surface area contributed by atoms with Gasteiger partial charge in [-0.05, 0) is 36.5 Å². The average Bonchev–Trinajstić information content (AvgIpc) is 2.66. The zero-order valence-electron chi connectivity index (χ0n) is 11.8. The van der Waals surface area contributed by atoms with Crippen LogP contribution in [0.2, 0.25) is 0 Å². The summed E-state index contributed by atoms with van der Waals surface area (Å²) in [6.07, 6.45) is 4.76. The fourth-order valence-corrected chi connectivity index (χ4v) is 3.37. The van der Waals surface area contributed by atoms with E-state index in [9.17, 15) is 9.59 Å². The van der Waals surface area contributed by atoms with Gasteiger partial charge in [-0.15, -0.1) is 0 Å². The van der Waals surface area contributed by atoms with E-state index >= 15 is 0 Å². The van der Waals surface area contributed by atoms with E-state index in [-0.39, 0.29) is 11.8 Å². The first-order chi connectivity index (χ1) is 9.58. The van der Waals surface area contributed by atoms with Crippen LogP contribution >= 0.6 is 0 Å². The van der Waals surface area contributed by atoms with Crippen molar-refractivity contribution in [3.05, 3.63) is 29.3 Å². The van der Waals surface area contributed by atoms with E-state index in [0.717, 1.165) is 6.42 Å². The number of carbonyl (C=O) groups is 2. The zero-order chi connectivity index (χ0) is 14.3. The lowest BCUT2D eigenvalue weighted by Gasteiger charge is -2.31. The van der Waals surface area contributed by atoms with Crippen LogP contribution in [-0.2, 0) is 0 Å². The van der Waals surface area contributed by atoms with E-state index in [4.69, 9.17) is 5.73 Å². The van der Waals surface area contributed by atoms with E-state index in [1.54, 1.807) is 18.2 Å². The number of fused-ring (bicyclic) bond motifs is 1. The number of imide groups is 1. The maximum absolute atomic E-state index is 12.4. The van der Waals surface area contributed by atoms with Crippen molar-refractivity contribution in [2.75, 3.05) is 12.3 Å². The van der Waals surface area contributed by atoms with Crippen LogP contribution in [0, 0.1) is 11.8 Å². The Balaban J connectivity index is 1.82. The highest BCUT2D eigenvalue weighted by Gasteiger charge is 2.37. The molecule has 2 aliphatic rings. The molecule has 0 radical (unpaired) electrons. The van der Waals surface area contributed by atoms with Gasteiger partial charge in [-0.25, -0.2) is 0 Å². The van der Waals surface area contributed by atoms with Gasteiger partial charge in [0, 0.05) is 12.2 Å². The molecule has 2 unspecified atom stereocenters. The summed E-state index contributed by atoms with van der Waals surface area (Å²) in [5, 5.41) is 0. The Morgan fingerprint density at radius 3 is 2.60 bits per heavy atom. The molecule has 20 heavy (non-hydrogen) atoms. The van der Waals surface area contributed by atoms with Gasteiger partial charge >= 0.3 is 0 Å². The summed E-state index contributed by atoms with van der Waals surface area (Å²) in [5.74, 6) is 0.666. The minimum Gasteiger partial charge on any atom is -0.399 e. The molecule has 2 atom stereocenters. The standard InChI is InChI=1S/C16H20N2O2/c1-10-4-2-3-5-11(10)9-18-15(19)13-7-6-12(17)8-14(13)16(18)20/h6-8,10-11H,2-5,9,17H2,1H3. The lowest BCUT2D eigenvalue weighted by molar-refractivity contribution is 0.0594. The summed E-state index contributed by atoms with van der Waals surface area (Å²) in [6, 6.07) is 4.95. The maximum atomic E-state index is 12.4. The first-order valence-electron chi connectivity index (χ1n) is 7.33. The molecule has 4 heteroatoms. The van der Waals surface area contributed by atoms with Crippen molar-refractivity contribution in [3.63, 3.8) is 0 Å². The Labute approximate surface area is 118 Å². The summed E-state index contributed by atoms with van der Waals surface area (Å²) in [5.41, 5.74) is 7.18. The predicted octanol–water partition coefficient (Wildman–Crippen LogP) is 2.69. The second kappa shape index (κ2) is 4.93. The number of nitrogens with two attached hydrogens (primary N) is 1. The van der Waals surface area contributed by atoms with Gasteiger partial charge in [-0.3, -0.25) is 14.5 Å². The fraction of sp³-hybridized carbons (Fsp3) is 0.500. The van der Waals surface area contributed by atoms with E-state index in [0.29, 0.717) is 35.2 Å². The van der Waals surface area contributed by atoms with Crippen LogP contribution in [0.25, 0.3) is 0 Å². The number of benzene rings is 1. The van der Waals surface area contributed by atoms with Crippen LogP contribution in [0.15, 0.2) is 18.2 Å². The van der Waals surface area contributed by atoms with Gasteiger partial charge in [-0.2, -0.15) is 0 Å². The van der Waals surface area contributed by atoms with Crippen LogP contribution in [0.1, 0.15) is 53.3 Å². The lowest BCUT2D eigenvalue weighted by atomic mass is 9.80. The highest BCUT2D eigenvalue weighted by molar-refractivity contribution is 6.21. The van der Waals surface area contributed by atoms with Crippen LogP contribution in [0.5, 0.6) is 0 Å². The summed E-state index contributed by atoms with van der Waals surface area (Å²) in [7, 11) is 0. The van der Waals surface area contributed by atoms with Gasteiger partial charge in [0.25, 0.3) is 11.8 Å². The van der Waals surface area contributed by atoms with Crippen molar-refractivity contribution in [3.8, 4) is 0 Å². The number of rotatable bonds is 2. The molecular weight excluding hydrogens is 252 g/mol. The molecule has 2 N–H and O–H groups in total. The summed E-state index contributed by atoms with van der Waals surface area (Å²) < 4.78 is 0. The Bertz CT molecular complexity index is 568. The van der Waals surface area contributed by atoms with E-state index in [1.807, 2.05) is 0 Å². The van der Waals surface area contributed by atoms with Crippen LogP contribution in [0.3, 0.4) is 0 Å². The minimum atomic E-state index is -0.185. The quantitative estimate of drug-likeness (QED) is 0.665. The van der Waals surface area contributed by atoms with Gasteiger partial charge in [0.1, 0.15) is 0 Å². The lowest BCUT2D eigenvalue weighted by Crippen LogP contribution is -2.37. The van der Waals surface area contributed by atoms with Crippen LogP contribution in [-0.4, -0.2) is 23.3 Å². The number of carbonyl (C=O) groups excluding carboxylic acids is 2. The number of hydrogen-bond donors (Lipinski definition) is 1. The maximum Gasteiger partial charge on any atom is 0.261 e. The molecule has 1 fully saturated rings. The molecule has 0 aromatic heterocycles. The topological polar surface area (TPSA) is 63.4 Å². The van der Waals surface area contributed by atoms with Crippen molar-refractivity contribution >= 4 is 17.5 Å². The zero-order valence-corrected chi connectivity index (χ0v) is 11.8. The molecule has 106 valence electrons. The first-order valence-corrected chi connectivity index (χ1v) is 7.33. The molecule has 1 saturated carbocycles. The largest absolute Gasteiger partial charge is 0.399 e. The fourth-order valence-electron chi connectivity index (χ4n) is 3.37. The van der Waals surface area contributed by atoms with Crippen molar-refractivity contribution in [2.45, 2.75) is 32.6 Å². The molecule has 1 heterocycles. The molecule has 0 saturated heterocycles. The van der Waals surface area contributed by atoms with Crippen molar-refractivity contribution in [1.82, 2.24) is 4.90 Å². The molecule has 1 aromatic rings. The third kappa shape index (κ3) is 2.09. The number of anilines is 1. The Kier molecular flexibility index (Phi) is 3.24. The molecule has 2 amide bonds. The van der Waals surface area contributed by atoms with Gasteiger partial charge in [0.2, 0.25) is 0 Å². The minimum absolute atomic E-state index is 0.164. The SMILES string of the molecule is CC1CCCCC1CN1C(=O)c2ccc(N)cc2C1=O. The summed E-state index contributed by atoms with van der Waals surface area (Å²) in [4.78, 5) is 26.2. The van der Waals surface area contributed by atoms with Crippen molar-refractivity contribution in [2.24, 2.45) is 11.8 Å². The predicted molar refractivity (Wildman–Crippen MR) is 77.3 cm³/mol. The Hall–Kier alpha value is -1.84. The molecule has 0 bridgehead atoms. The third-order valence-corrected chi connectivity index (χ3v) is 4.70. The second-order valence-corrected chi connectivity index (χ2v) is 6.05. The monoisotopic (exact) mass is 272 g/mol. The van der Waals surface area contributed by atoms with Gasteiger partial charge in [0.15, 0.2) is 0 Å². The van der Waals surface area contributed by atoms with Crippen molar-refractivity contribution < 1.29 is 9.59 Å². The normalized spacial score (nSPS) is 25.9. The number of amides is 2. The first kappa shape index (κ1) is 13.2. The molecular formula is C16H20N2O2. The number of nitrogens with zero attached hydrogens (tertiary/aromatic N) is 1. The summed E-state index contributed by atoms with van der Waals surface area (Å²) in [6.45, 7) is 2.77. The average molecular weight is 272 g/mol. The van der Waals surface area contributed by atoms with Gasteiger partial charge < -0.3 is 5.73 Å². The molecule has 0 spiro atoms. The molecule has 4 nitrogen and oxygen atoms in total. The van der Waals surface area contributed by atoms with Crippen molar-refractivity contribution in [1.29, 1.82) is 0 Å². The Morgan fingerprint density at radius 2 is 1.85 bits per heavy atom.